The van der Waals surface area contributed by atoms with Crippen LogP contribution in [0.4, 0.5) is 0 Å². The Morgan fingerprint density at radius 2 is 1.47 bits per heavy atom. The molecule has 0 amide bonds. The Morgan fingerprint density at radius 3 is 1.80 bits per heavy atom. The molecule has 3 atom stereocenters. The first-order valence-electron chi connectivity index (χ1n) is 9.20. The first kappa shape index (κ1) is 30.8. The first-order chi connectivity index (χ1) is 13.4. The molecule has 0 radical (unpaired) electrons. The van der Waals surface area contributed by atoms with Crippen LogP contribution in [0.5, 0.6) is 0 Å². The van der Waals surface area contributed by atoms with E-state index in [0.717, 1.165) is 31.9 Å². The summed E-state index contributed by atoms with van der Waals surface area (Å²) in [5.74, 6) is -2.64. The number of hydrogen-bond acceptors (Lipinski definition) is 8. The van der Waals surface area contributed by atoms with Crippen LogP contribution in [-0.2, 0) is 38.7 Å². The third-order valence-electron chi connectivity index (χ3n) is 4.55. The van der Waals surface area contributed by atoms with Crippen LogP contribution in [0.2, 0.25) is 0 Å². The summed E-state index contributed by atoms with van der Waals surface area (Å²) < 4.78 is 49.4. The van der Waals surface area contributed by atoms with Gasteiger partial charge in [-0.2, -0.15) is 8.42 Å². The number of ether oxygens (including phenoxy) is 3. The molecule has 0 aliphatic heterocycles. The molecule has 0 spiro atoms. The molecule has 0 saturated heterocycles. The Bertz CT molecular complexity index is 700. The van der Waals surface area contributed by atoms with Gasteiger partial charge in [0.1, 0.15) is 17.5 Å². The predicted octanol–water partition coefficient (Wildman–Crippen LogP) is 2.20. The van der Waals surface area contributed by atoms with Crippen molar-refractivity contribution in [3.05, 3.63) is 25.3 Å². The Morgan fingerprint density at radius 1 is 1.03 bits per heavy atom. The quantitative estimate of drug-likeness (QED) is 0.110. The van der Waals surface area contributed by atoms with Crippen molar-refractivity contribution in [3.8, 4) is 0 Å². The monoisotopic (exact) mass is 460 g/mol. The van der Waals surface area contributed by atoms with Crippen molar-refractivity contribution in [2.75, 3.05) is 0 Å². The topological polar surface area (TPSA) is 133 Å². The maximum absolute atomic E-state index is 12.5. The maximum Gasteiger partial charge on any atom is 2.00 e. The Hall–Kier alpha value is -1.43. The fourth-order valence-corrected chi connectivity index (χ4v) is 3.77. The van der Waals surface area contributed by atoms with Gasteiger partial charge in [-0.1, -0.05) is 32.9 Å². The van der Waals surface area contributed by atoms with Gasteiger partial charge in [0.05, 0.1) is 0 Å². The van der Waals surface area contributed by atoms with E-state index < -0.39 is 51.1 Å². The molecule has 30 heavy (non-hydrogen) atoms. The molecule has 0 rings (SSSR count). The minimum atomic E-state index is -4.82. The molecule has 0 aromatic rings. The molecule has 0 bridgehead atoms. The van der Waals surface area contributed by atoms with Gasteiger partial charge in [0, 0.05) is 18.6 Å². The summed E-state index contributed by atoms with van der Waals surface area (Å²) in [5.41, 5.74) is -2.23. The van der Waals surface area contributed by atoms with Gasteiger partial charge in [-0.3, -0.25) is 9.35 Å². The number of carbonyl (C=O) groups excluding carboxylic acids is 3. The summed E-state index contributed by atoms with van der Waals surface area (Å²) >= 11 is 0. The second-order valence-corrected chi connectivity index (χ2v) is 8.25. The second-order valence-electron chi connectivity index (χ2n) is 6.51. The molecule has 0 aromatic carbocycles. The largest absolute Gasteiger partial charge is 2.00 e. The van der Waals surface area contributed by atoms with Gasteiger partial charge in [0.15, 0.2) is 0 Å². The van der Waals surface area contributed by atoms with Crippen LogP contribution in [0.15, 0.2) is 25.3 Å². The van der Waals surface area contributed by atoms with Crippen molar-refractivity contribution in [1.29, 1.82) is 0 Å². The van der Waals surface area contributed by atoms with Gasteiger partial charge in [-0.05, 0) is 27.2 Å². The van der Waals surface area contributed by atoms with Gasteiger partial charge >= 0.3 is 41.0 Å². The third kappa shape index (κ3) is 8.74. The van der Waals surface area contributed by atoms with E-state index in [0.29, 0.717) is 6.42 Å². The number of carbonyl (C=O) groups is 3. The minimum Gasteiger partial charge on any atom is -1.00 e. The molecule has 1 N–H and O–H groups in total. The molecule has 11 heteroatoms. The molecule has 0 aliphatic carbocycles. The number of hydrogen-bond donors (Lipinski definition) is 1. The van der Waals surface area contributed by atoms with E-state index in [1.807, 2.05) is 6.92 Å². The normalized spacial score (nSPS) is 15.9. The molecule has 9 nitrogen and oxygen atoms in total. The van der Waals surface area contributed by atoms with E-state index >= 15 is 0 Å². The average molecular weight is 461 g/mol. The molecule has 0 fully saturated rings. The molecule has 0 aliphatic rings. The van der Waals surface area contributed by atoms with Gasteiger partial charge in [0.2, 0.25) is 5.60 Å². The number of unbranched alkanes of at least 4 members (excludes halogenated alkanes) is 2. The van der Waals surface area contributed by atoms with Crippen LogP contribution in [0.25, 0.3) is 0 Å². The molecular weight excluding hydrogens is 429 g/mol. The summed E-state index contributed by atoms with van der Waals surface area (Å²) in [7, 11) is -4.82. The van der Waals surface area contributed by atoms with Crippen LogP contribution >= 0.6 is 0 Å². The third-order valence-corrected chi connectivity index (χ3v) is 5.81. The minimum absolute atomic E-state index is 0. The van der Waals surface area contributed by atoms with E-state index in [9.17, 15) is 27.4 Å². The molecule has 170 valence electrons. The fraction of sp³-hybridized carbons (Fsp3) is 0.632. The summed E-state index contributed by atoms with van der Waals surface area (Å²) in [4.78, 5) is 35.9. The number of rotatable bonds is 13. The SMILES string of the molecule is C=CC(=O)OC(C)C(OC(=O)CCCCC)(C(C)OC(=O)C=C)C(C)S(=O)(=O)O.[H-].[H-].[Mg+2]. The molecule has 0 saturated carbocycles. The molecular formula is C19H32MgO9S. The van der Waals surface area contributed by atoms with Crippen LogP contribution in [0.1, 0.15) is 56.2 Å². The van der Waals surface area contributed by atoms with Crippen molar-refractivity contribution < 1.29 is 44.4 Å². The van der Waals surface area contributed by atoms with Crippen molar-refractivity contribution in [2.24, 2.45) is 0 Å². The number of esters is 3. The van der Waals surface area contributed by atoms with Crippen LogP contribution in [0.3, 0.4) is 0 Å². The summed E-state index contributed by atoms with van der Waals surface area (Å²) in [6, 6.07) is 0. The van der Waals surface area contributed by atoms with E-state index in [-0.39, 0.29) is 32.3 Å². The van der Waals surface area contributed by atoms with Crippen LogP contribution in [-0.4, -0.2) is 77.0 Å². The van der Waals surface area contributed by atoms with Crippen molar-refractivity contribution in [2.45, 2.75) is 76.4 Å². The predicted molar refractivity (Wildman–Crippen MR) is 113 cm³/mol. The summed E-state index contributed by atoms with van der Waals surface area (Å²) in [5, 5.41) is -1.80. The molecule has 0 heterocycles. The Kier molecular flexibility index (Phi) is 14.1. The van der Waals surface area contributed by atoms with Crippen molar-refractivity contribution in [1.82, 2.24) is 0 Å². The Balaban J connectivity index is -0.00000131. The van der Waals surface area contributed by atoms with Gasteiger partial charge in [-0.15, -0.1) is 0 Å². The van der Waals surface area contributed by atoms with Crippen LogP contribution in [0, 0.1) is 0 Å². The smallest absolute Gasteiger partial charge is 1.00 e. The first-order valence-corrected chi connectivity index (χ1v) is 10.7. The zero-order chi connectivity index (χ0) is 22.8. The van der Waals surface area contributed by atoms with Crippen molar-refractivity contribution >= 4 is 51.1 Å². The Labute approximate surface area is 197 Å². The van der Waals surface area contributed by atoms with Gasteiger partial charge < -0.3 is 17.1 Å². The molecule has 0 aromatic heterocycles. The molecule has 3 unspecified atom stereocenters. The fourth-order valence-electron chi connectivity index (χ4n) is 2.87. The van der Waals surface area contributed by atoms with E-state index in [4.69, 9.17) is 14.2 Å². The van der Waals surface area contributed by atoms with Gasteiger partial charge in [-0.25, -0.2) is 9.59 Å². The van der Waals surface area contributed by atoms with Crippen LogP contribution < -0.4 is 0 Å². The summed E-state index contributed by atoms with van der Waals surface area (Å²) in [6.07, 6.45) is 0.829. The zero-order valence-corrected chi connectivity index (χ0v) is 20.2. The van der Waals surface area contributed by atoms with E-state index in [2.05, 4.69) is 13.2 Å². The second kappa shape index (κ2) is 13.8. The summed E-state index contributed by atoms with van der Waals surface area (Å²) in [6.45, 7) is 12.0. The van der Waals surface area contributed by atoms with E-state index in [1.165, 1.54) is 13.8 Å². The zero-order valence-electron chi connectivity index (χ0n) is 20.0. The van der Waals surface area contributed by atoms with Gasteiger partial charge in [0.25, 0.3) is 10.1 Å². The van der Waals surface area contributed by atoms with E-state index in [1.54, 1.807) is 0 Å². The standard InChI is InChI=1S/C19H30O9S.Mg.2H/c1-7-10-11-12-18(22)28-19(15(6)29(23,24)25,13(4)26-16(20)8-2)14(5)27-17(21)9-3;;;/h8-9,13-15H,2-3,7,10-12H2,1,4-6H3,(H,23,24,25);;;/q;+2;2*-1. The average Bonchev–Trinajstić information content (AvgIpc) is 2.64. The van der Waals surface area contributed by atoms with Crippen molar-refractivity contribution in [3.63, 3.8) is 0 Å². The maximum atomic E-state index is 12.5.